The molecule has 0 saturated carbocycles. The number of carbonyl (C=O) groups is 3. The predicted octanol–water partition coefficient (Wildman–Crippen LogP) is 2.96. The van der Waals surface area contributed by atoms with E-state index in [1.165, 1.54) is 5.56 Å². The summed E-state index contributed by atoms with van der Waals surface area (Å²) in [6.07, 6.45) is 0.783. The van der Waals surface area contributed by atoms with Crippen molar-refractivity contribution in [2.75, 3.05) is 18.5 Å². The third kappa shape index (κ3) is 5.59. The van der Waals surface area contributed by atoms with Gasteiger partial charge in [-0.05, 0) is 35.6 Å². The lowest BCUT2D eigenvalue weighted by atomic mass is 10.00. The molecule has 0 aromatic heterocycles. The predicted molar refractivity (Wildman–Crippen MR) is 114 cm³/mol. The molecule has 0 bridgehead atoms. The lowest BCUT2D eigenvalue weighted by molar-refractivity contribution is -0.154. The second-order valence-corrected chi connectivity index (χ2v) is 7.63. The highest BCUT2D eigenvalue weighted by molar-refractivity contribution is 5.93. The van der Waals surface area contributed by atoms with E-state index in [1.54, 1.807) is 43.0 Å². The number of benzene rings is 2. The van der Waals surface area contributed by atoms with Crippen LogP contribution in [0.4, 0.5) is 10.5 Å². The molecule has 0 radical (unpaired) electrons. The number of fused-ring (bicyclic) bond motifs is 1. The first kappa shape index (κ1) is 21.4. The number of para-hydroxylation sites is 1. The maximum absolute atomic E-state index is 12.5. The van der Waals surface area contributed by atoms with Gasteiger partial charge in [0.05, 0.1) is 0 Å². The molecule has 1 aliphatic rings. The quantitative estimate of drug-likeness (QED) is 0.718. The minimum atomic E-state index is -0.858. The molecule has 2 aromatic carbocycles. The number of esters is 1. The Hall–Kier alpha value is -3.35. The molecule has 158 valence electrons. The zero-order chi connectivity index (χ0) is 21.5. The van der Waals surface area contributed by atoms with Crippen molar-refractivity contribution in [2.24, 2.45) is 5.92 Å². The van der Waals surface area contributed by atoms with Crippen LogP contribution in [-0.2, 0) is 27.3 Å². The monoisotopic (exact) mass is 409 g/mol. The Balaban J connectivity index is 1.51. The molecule has 30 heavy (non-hydrogen) atoms. The maximum atomic E-state index is 12.5. The van der Waals surface area contributed by atoms with Crippen LogP contribution in [-0.4, -0.2) is 42.0 Å². The Morgan fingerprint density at radius 1 is 1.00 bits per heavy atom. The van der Waals surface area contributed by atoms with Crippen LogP contribution in [0.25, 0.3) is 0 Å². The maximum Gasteiger partial charge on any atom is 0.329 e. The van der Waals surface area contributed by atoms with Gasteiger partial charge in [0, 0.05) is 18.8 Å². The third-order valence-corrected chi connectivity index (χ3v) is 5.06. The molecule has 0 spiro atoms. The van der Waals surface area contributed by atoms with Crippen LogP contribution in [0.5, 0.6) is 0 Å². The number of rotatable bonds is 6. The van der Waals surface area contributed by atoms with Gasteiger partial charge in [-0.25, -0.2) is 9.59 Å². The smallest absolute Gasteiger partial charge is 0.329 e. The number of nitrogens with zero attached hydrogens (tertiary/aromatic N) is 1. The summed E-state index contributed by atoms with van der Waals surface area (Å²) >= 11 is 0. The van der Waals surface area contributed by atoms with Gasteiger partial charge in [-0.3, -0.25) is 4.79 Å². The molecule has 1 aliphatic heterocycles. The normalized spacial score (nSPS) is 13.9. The number of hydrogen-bond acceptors (Lipinski definition) is 4. The summed E-state index contributed by atoms with van der Waals surface area (Å²) in [6, 6.07) is 15.6. The molecule has 0 fully saturated rings. The summed E-state index contributed by atoms with van der Waals surface area (Å²) in [6.45, 7) is 4.37. The fourth-order valence-corrected chi connectivity index (χ4v) is 3.35. The van der Waals surface area contributed by atoms with Gasteiger partial charge in [-0.2, -0.15) is 0 Å². The second-order valence-electron chi connectivity index (χ2n) is 7.63. The molecule has 2 aromatic rings. The van der Waals surface area contributed by atoms with E-state index in [9.17, 15) is 14.4 Å². The molecule has 3 amide bonds. The van der Waals surface area contributed by atoms with Gasteiger partial charge < -0.3 is 20.3 Å². The van der Waals surface area contributed by atoms with Crippen LogP contribution in [0.2, 0.25) is 0 Å². The molecule has 0 saturated heterocycles. The highest BCUT2D eigenvalue weighted by Crippen LogP contribution is 2.18. The van der Waals surface area contributed by atoms with E-state index in [0.29, 0.717) is 18.8 Å². The Morgan fingerprint density at radius 3 is 2.37 bits per heavy atom. The van der Waals surface area contributed by atoms with E-state index in [0.717, 1.165) is 12.0 Å². The number of nitrogens with one attached hydrogen (secondary N) is 2. The van der Waals surface area contributed by atoms with E-state index >= 15 is 0 Å². The zero-order valence-electron chi connectivity index (χ0n) is 17.3. The molecule has 3 rings (SSSR count). The van der Waals surface area contributed by atoms with Gasteiger partial charge in [0.1, 0.15) is 6.04 Å². The van der Waals surface area contributed by atoms with Gasteiger partial charge in [-0.1, -0.05) is 56.3 Å². The number of ether oxygens (including phenoxy) is 1. The van der Waals surface area contributed by atoms with Gasteiger partial charge in [0.15, 0.2) is 6.61 Å². The van der Waals surface area contributed by atoms with Crippen LogP contribution in [0, 0.1) is 5.92 Å². The first-order valence-corrected chi connectivity index (χ1v) is 10.1. The SMILES string of the molecule is CC(C)[C@H](NC(=O)Nc1ccccc1)C(=O)OCC(=O)N1CCc2ccccc2C1. The topological polar surface area (TPSA) is 87.7 Å². The van der Waals surface area contributed by atoms with Crippen molar-refractivity contribution in [3.8, 4) is 0 Å². The zero-order valence-corrected chi connectivity index (χ0v) is 17.3. The first-order valence-electron chi connectivity index (χ1n) is 10.1. The molecular formula is C23H27N3O4. The van der Waals surface area contributed by atoms with Crippen LogP contribution < -0.4 is 10.6 Å². The molecule has 7 nitrogen and oxygen atoms in total. The van der Waals surface area contributed by atoms with E-state index < -0.39 is 18.0 Å². The first-order chi connectivity index (χ1) is 14.4. The van der Waals surface area contributed by atoms with Gasteiger partial charge in [0.25, 0.3) is 5.91 Å². The highest BCUT2D eigenvalue weighted by atomic mass is 16.5. The van der Waals surface area contributed by atoms with Gasteiger partial charge in [0.2, 0.25) is 0 Å². The summed E-state index contributed by atoms with van der Waals surface area (Å²) in [4.78, 5) is 39.0. The average molecular weight is 409 g/mol. The molecule has 2 N–H and O–H groups in total. The van der Waals surface area contributed by atoms with Crippen molar-refractivity contribution in [3.05, 3.63) is 65.7 Å². The van der Waals surface area contributed by atoms with E-state index in [1.807, 2.05) is 24.3 Å². The van der Waals surface area contributed by atoms with Crippen molar-refractivity contribution >= 4 is 23.6 Å². The molecule has 1 atom stereocenters. The number of anilines is 1. The third-order valence-electron chi connectivity index (χ3n) is 5.06. The Morgan fingerprint density at radius 2 is 1.67 bits per heavy atom. The van der Waals surface area contributed by atoms with Crippen LogP contribution in [0.3, 0.4) is 0 Å². The van der Waals surface area contributed by atoms with Crippen molar-refractivity contribution in [2.45, 2.75) is 32.9 Å². The average Bonchev–Trinajstić information content (AvgIpc) is 2.75. The minimum absolute atomic E-state index is 0.198. The van der Waals surface area contributed by atoms with Crippen LogP contribution >= 0.6 is 0 Å². The lowest BCUT2D eigenvalue weighted by Crippen LogP contribution is -2.48. The minimum Gasteiger partial charge on any atom is -0.454 e. The summed E-state index contributed by atoms with van der Waals surface area (Å²) in [5.41, 5.74) is 2.97. The summed E-state index contributed by atoms with van der Waals surface area (Å²) in [5.74, 6) is -1.07. The van der Waals surface area contributed by atoms with E-state index in [4.69, 9.17) is 4.74 Å². The number of amides is 3. The van der Waals surface area contributed by atoms with Crippen molar-refractivity contribution in [3.63, 3.8) is 0 Å². The Kier molecular flexibility index (Phi) is 7.06. The molecular weight excluding hydrogens is 382 g/mol. The van der Waals surface area contributed by atoms with Gasteiger partial charge >= 0.3 is 12.0 Å². The second kappa shape index (κ2) is 9.91. The molecule has 0 aliphatic carbocycles. The largest absolute Gasteiger partial charge is 0.454 e. The highest BCUT2D eigenvalue weighted by Gasteiger charge is 2.28. The van der Waals surface area contributed by atoms with E-state index in [2.05, 4.69) is 16.7 Å². The van der Waals surface area contributed by atoms with Crippen molar-refractivity contribution < 1.29 is 19.1 Å². The standard InChI is InChI=1S/C23H27N3O4/c1-16(2)21(25-23(29)24-19-10-4-3-5-11-19)22(28)30-15-20(27)26-13-12-17-8-6-7-9-18(17)14-26/h3-11,16,21H,12-15H2,1-2H3,(H2,24,25,29)/t21-/m0/s1. The number of urea groups is 1. The number of carbonyl (C=O) groups excluding carboxylic acids is 3. The lowest BCUT2D eigenvalue weighted by Gasteiger charge is -2.29. The summed E-state index contributed by atoms with van der Waals surface area (Å²) in [7, 11) is 0. The van der Waals surface area contributed by atoms with E-state index in [-0.39, 0.29) is 18.4 Å². The summed E-state index contributed by atoms with van der Waals surface area (Å²) in [5, 5.41) is 5.31. The fraction of sp³-hybridized carbons (Fsp3) is 0.348. The van der Waals surface area contributed by atoms with Crippen LogP contribution in [0.1, 0.15) is 25.0 Å². The summed E-state index contributed by atoms with van der Waals surface area (Å²) < 4.78 is 5.25. The molecule has 1 heterocycles. The fourth-order valence-electron chi connectivity index (χ4n) is 3.35. The Labute approximate surface area is 176 Å². The molecule has 7 heteroatoms. The van der Waals surface area contributed by atoms with Crippen LogP contribution in [0.15, 0.2) is 54.6 Å². The molecule has 0 unspecified atom stereocenters. The number of hydrogen-bond donors (Lipinski definition) is 2. The van der Waals surface area contributed by atoms with Crippen molar-refractivity contribution in [1.82, 2.24) is 10.2 Å². The van der Waals surface area contributed by atoms with Gasteiger partial charge in [-0.15, -0.1) is 0 Å². The van der Waals surface area contributed by atoms with Crippen molar-refractivity contribution in [1.29, 1.82) is 0 Å². The Bertz CT molecular complexity index is 898.